The Hall–Kier alpha value is -2.47. The second kappa shape index (κ2) is 8.65. The van der Waals surface area contributed by atoms with Crippen LogP contribution in [-0.2, 0) is 9.59 Å². The Morgan fingerprint density at radius 2 is 1.95 bits per heavy atom. The lowest BCUT2D eigenvalue weighted by atomic mass is 10.2. The maximum absolute atomic E-state index is 12.1. The molecule has 0 heterocycles. The normalized spacial score (nSPS) is 10.4. The first-order valence-corrected chi connectivity index (χ1v) is 6.52. The van der Waals surface area contributed by atoms with Crippen molar-refractivity contribution < 1.29 is 14.4 Å². The Bertz CT molecular complexity index is 510. The zero-order valence-electron chi connectivity index (χ0n) is 12.1. The predicted molar refractivity (Wildman–Crippen MR) is 79.7 cm³/mol. The van der Waals surface area contributed by atoms with Gasteiger partial charge in [0.1, 0.15) is 0 Å². The van der Waals surface area contributed by atoms with Crippen molar-refractivity contribution in [3.8, 4) is 0 Å². The van der Waals surface area contributed by atoms with Crippen LogP contribution in [0.15, 0.2) is 36.4 Å². The smallest absolute Gasteiger partial charge is 0.289 e. The van der Waals surface area contributed by atoms with Gasteiger partial charge in [-0.05, 0) is 18.6 Å². The molecule has 0 aliphatic carbocycles. The molecule has 0 saturated heterocycles. The number of nitrogens with zero attached hydrogens (tertiary/aromatic N) is 2. The molecule has 1 aromatic carbocycles. The molecule has 1 radical (unpaired) electrons. The molecule has 0 unspecified atom stereocenters. The van der Waals surface area contributed by atoms with Gasteiger partial charge in [0.15, 0.2) is 0 Å². The minimum absolute atomic E-state index is 0.361. The SMILES string of the molecule is CCN(NC)C(=O)N(C[C]=O)C(=O)/C=C/c1ccccc1. The van der Waals surface area contributed by atoms with Gasteiger partial charge >= 0.3 is 6.03 Å². The molecule has 0 bridgehead atoms. The van der Waals surface area contributed by atoms with Crippen LogP contribution in [0.25, 0.3) is 6.08 Å². The summed E-state index contributed by atoms with van der Waals surface area (Å²) in [5.41, 5.74) is 3.48. The van der Waals surface area contributed by atoms with Crippen LogP contribution < -0.4 is 5.43 Å². The summed E-state index contributed by atoms with van der Waals surface area (Å²) in [5, 5.41) is 1.23. The second-order valence-corrected chi connectivity index (χ2v) is 4.06. The summed E-state index contributed by atoms with van der Waals surface area (Å²) in [7, 11) is 1.56. The van der Waals surface area contributed by atoms with Crippen molar-refractivity contribution in [2.24, 2.45) is 0 Å². The number of hydrogen-bond donors (Lipinski definition) is 1. The molecule has 0 atom stereocenters. The first-order valence-electron chi connectivity index (χ1n) is 6.52. The summed E-state index contributed by atoms with van der Waals surface area (Å²) in [6.07, 6.45) is 4.42. The Balaban J connectivity index is 2.85. The van der Waals surface area contributed by atoms with Crippen molar-refractivity contribution in [3.63, 3.8) is 0 Å². The van der Waals surface area contributed by atoms with Crippen LogP contribution >= 0.6 is 0 Å². The van der Waals surface area contributed by atoms with E-state index in [1.54, 1.807) is 26.3 Å². The van der Waals surface area contributed by atoms with Gasteiger partial charge in [-0.3, -0.25) is 19.5 Å². The van der Waals surface area contributed by atoms with E-state index in [0.29, 0.717) is 6.54 Å². The molecule has 1 rings (SSSR count). The first-order chi connectivity index (χ1) is 10.1. The van der Waals surface area contributed by atoms with Gasteiger partial charge in [0.2, 0.25) is 6.29 Å². The lowest BCUT2D eigenvalue weighted by molar-refractivity contribution is -0.123. The summed E-state index contributed by atoms with van der Waals surface area (Å²) < 4.78 is 0. The van der Waals surface area contributed by atoms with Crippen LogP contribution in [0, 0.1) is 0 Å². The average molecular weight is 288 g/mol. The van der Waals surface area contributed by atoms with Gasteiger partial charge in [-0.25, -0.2) is 10.2 Å². The highest BCUT2D eigenvalue weighted by atomic mass is 16.2. The molecule has 6 heteroatoms. The lowest BCUT2D eigenvalue weighted by Crippen LogP contribution is -2.50. The highest BCUT2D eigenvalue weighted by Gasteiger charge is 2.23. The van der Waals surface area contributed by atoms with E-state index in [0.717, 1.165) is 10.5 Å². The standard InChI is InChI=1S/C15H18N3O3/c1-3-18(16-2)15(21)17(11-12-19)14(20)10-9-13-7-5-4-6-8-13/h4-10,16H,3,11H2,1-2H3/b10-9+. The molecule has 21 heavy (non-hydrogen) atoms. The third kappa shape index (κ3) is 4.85. The van der Waals surface area contributed by atoms with Crippen LogP contribution in [0.4, 0.5) is 4.79 Å². The maximum atomic E-state index is 12.1. The fourth-order valence-corrected chi connectivity index (χ4v) is 1.66. The number of urea groups is 1. The Kier molecular flexibility index (Phi) is 6.83. The van der Waals surface area contributed by atoms with E-state index in [4.69, 9.17) is 0 Å². The Morgan fingerprint density at radius 3 is 2.48 bits per heavy atom. The van der Waals surface area contributed by atoms with E-state index < -0.39 is 18.5 Å². The molecule has 0 fully saturated rings. The number of amides is 3. The Morgan fingerprint density at radius 1 is 1.29 bits per heavy atom. The maximum Gasteiger partial charge on any atom is 0.341 e. The van der Waals surface area contributed by atoms with E-state index in [-0.39, 0.29) is 0 Å². The molecule has 0 aliphatic rings. The van der Waals surface area contributed by atoms with Gasteiger partial charge in [-0.1, -0.05) is 30.3 Å². The fraction of sp³-hybridized carbons (Fsp3) is 0.267. The molecule has 1 aromatic rings. The lowest BCUT2D eigenvalue weighted by Gasteiger charge is -2.25. The first kappa shape index (κ1) is 16.6. The van der Waals surface area contributed by atoms with Crippen LogP contribution in [0.5, 0.6) is 0 Å². The predicted octanol–water partition coefficient (Wildman–Crippen LogP) is 1.21. The molecular formula is C15H18N3O3. The van der Waals surface area contributed by atoms with E-state index in [1.165, 1.54) is 11.1 Å². The Labute approximate surface area is 124 Å². The van der Waals surface area contributed by atoms with Gasteiger partial charge in [0, 0.05) is 19.7 Å². The summed E-state index contributed by atoms with van der Waals surface area (Å²) in [4.78, 5) is 35.6. The van der Waals surface area contributed by atoms with E-state index in [2.05, 4.69) is 5.43 Å². The molecule has 0 spiro atoms. The van der Waals surface area contributed by atoms with Gasteiger partial charge < -0.3 is 0 Å². The van der Waals surface area contributed by atoms with Gasteiger partial charge in [-0.2, -0.15) is 0 Å². The van der Waals surface area contributed by atoms with Gasteiger partial charge in [0.25, 0.3) is 5.91 Å². The summed E-state index contributed by atoms with van der Waals surface area (Å²) in [6.45, 7) is 1.71. The van der Waals surface area contributed by atoms with Gasteiger partial charge in [0.05, 0.1) is 6.54 Å². The number of carbonyl (C=O) groups is 2. The summed E-state index contributed by atoms with van der Waals surface area (Å²) in [6, 6.07) is 8.60. The molecule has 3 amide bonds. The zero-order chi connectivity index (χ0) is 15.7. The molecule has 111 valence electrons. The minimum atomic E-state index is -0.592. The van der Waals surface area contributed by atoms with Crippen molar-refractivity contribution in [2.75, 3.05) is 20.1 Å². The van der Waals surface area contributed by atoms with Crippen molar-refractivity contribution in [2.45, 2.75) is 6.92 Å². The number of rotatable bonds is 6. The topological polar surface area (TPSA) is 69.7 Å². The van der Waals surface area contributed by atoms with Crippen molar-refractivity contribution in [1.82, 2.24) is 15.3 Å². The van der Waals surface area contributed by atoms with E-state index >= 15 is 0 Å². The van der Waals surface area contributed by atoms with E-state index in [9.17, 15) is 14.4 Å². The second-order valence-electron chi connectivity index (χ2n) is 4.06. The highest BCUT2D eigenvalue weighted by Crippen LogP contribution is 2.03. The van der Waals surface area contributed by atoms with Crippen molar-refractivity contribution >= 4 is 24.3 Å². The van der Waals surface area contributed by atoms with Crippen molar-refractivity contribution in [1.29, 1.82) is 0 Å². The van der Waals surface area contributed by atoms with E-state index in [1.807, 2.05) is 30.3 Å². The largest absolute Gasteiger partial charge is 0.341 e. The number of nitrogens with one attached hydrogen (secondary N) is 1. The number of benzene rings is 1. The average Bonchev–Trinajstić information content (AvgIpc) is 2.52. The highest BCUT2D eigenvalue weighted by molar-refractivity contribution is 6.03. The van der Waals surface area contributed by atoms with Crippen LogP contribution in [0.2, 0.25) is 0 Å². The third-order valence-electron chi connectivity index (χ3n) is 2.75. The molecule has 0 aliphatic heterocycles. The number of imide groups is 1. The van der Waals surface area contributed by atoms with Crippen molar-refractivity contribution in [3.05, 3.63) is 42.0 Å². The zero-order valence-corrected chi connectivity index (χ0v) is 12.1. The molecule has 6 nitrogen and oxygen atoms in total. The number of hydrazine groups is 1. The fourth-order valence-electron chi connectivity index (χ4n) is 1.66. The quantitative estimate of drug-likeness (QED) is 0.631. The monoisotopic (exact) mass is 288 g/mol. The number of hydrogen-bond acceptors (Lipinski definition) is 4. The molecular weight excluding hydrogens is 270 g/mol. The van der Waals surface area contributed by atoms with Gasteiger partial charge in [-0.15, -0.1) is 0 Å². The summed E-state index contributed by atoms with van der Waals surface area (Å²) >= 11 is 0. The minimum Gasteiger partial charge on any atom is -0.289 e. The third-order valence-corrected chi connectivity index (χ3v) is 2.75. The van der Waals surface area contributed by atoms with Crippen LogP contribution in [0.1, 0.15) is 12.5 Å². The molecule has 1 N–H and O–H groups in total. The molecule has 0 aromatic heterocycles. The van der Waals surface area contributed by atoms with Crippen LogP contribution in [-0.4, -0.2) is 48.3 Å². The number of carbonyl (C=O) groups excluding carboxylic acids is 3. The van der Waals surface area contributed by atoms with Crippen LogP contribution in [0.3, 0.4) is 0 Å². The molecule has 0 saturated carbocycles. The summed E-state index contributed by atoms with van der Waals surface area (Å²) in [5.74, 6) is -0.569.